The zero-order valence-corrected chi connectivity index (χ0v) is 17.7. The molecule has 0 saturated heterocycles. The number of amides is 3. The van der Waals surface area contributed by atoms with E-state index in [0.29, 0.717) is 17.1 Å². The van der Waals surface area contributed by atoms with Crippen molar-refractivity contribution in [3.8, 4) is 0 Å². The fraction of sp³-hybridized carbons (Fsp3) is 0.125. The molecule has 6 nitrogen and oxygen atoms in total. The molecule has 0 aliphatic carbocycles. The van der Waals surface area contributed by atoms with Crippen molar-refractivity contribution in [3.05, 3.63) is 100 Å². The van der Waals surface area contributed by atoms with Gasteiger partial charge in [-0.2, -0.15) is 0 Å². The third-order valence-electron chi connectivity index (χ3n) is 4.56. The van der Waals surface area contributed by atoms with E-state index in [-0.39, 0.29) is 23.7 Å². The first-order valence-electron chi connectivity index (χ1n) is 9.69. The fourth-order valence-corrected chi connectivity index (χ4v) is 3.17. The molecule has 0 unspecified atom stereocenters. The molecule has 7 heteroatoms. The zero-order chi connectivity index (χ0) is 22.2. The number of halogens is 1. The highest BCUT2D eigenvalue weighted by atomic mass is 35.5. The number of hydrogen-bond donors (Lipinski definition) is 3. The number of para-hydroxylation sites is 1. The average molecular weight is 436 g/mol. The van der Waals surface area contributed by atoms with E-state index in [1.54, 1.807) is 48.5 Å². The topological polar surface area (TPSA) is 87.3 Å². The van der Waals surface area contributed by atoms with Crippen molar-refractivity contribution in [2.24, 2.45) is 0 Å². The summed E-state index contributed by atoms with van der Waals surface area (Å²) in [7, 11) is 0. The Hall–Kier alpha value is -3.64. The van der Waals surface area contributed by atoms with E-state index < -0.39 is 11.8 Å². The molecule has 0 radical (unpaired) electrons. The molecule has 0 fully saturated rings. The summed E-state index contributed by atoms with van der Waals surface area (Å²) in [5.74, 6) is -2.05. The van der Waals surface area contributed by atoms with Crippen molar-refractivity contribution in [1.29, 1.82) is 0 Å². The Balaban J connectivity index is 1.61. The van der Waals surface area contributed by atoms with Gasteiger partial charge in [-0.05, 0) is 36.2 Å². The highest BCUT2D eigenvalue weighted by Gasteiger charge is 2.18. The van der Waals surface area contributed by atoms with Gasteiger partial charge in [-0.25, -0.2) is 0 Å². The summed E-state index contributed by atoms with van der Waals surface area (Å²) < 4.78 is 0. The minimum atomic E-state index is -0.869. The van der Waals surface area contributed by atoms with Gasteiger partial charge in [0.1, 0.15) is 0 Å². The maximum atomic E-state index is 12.6. The van der Waals surface area contributed by atoms with Gasteiger partial charge in [-0.3, -0.25) is 14.4 Å². The van der Waals surface area contributed by atoms with E-state index in [1.165, 1.54) is 0 Å². The lowest BCUT2D eigenvalue weighted by atomic mass is 10.1. The Morgan fingerprint density at radius 2 is 1.55 bits per heavy atom. The second kappa shape index (κ2) is 10.4. The third kappa shape index (κ3) is 6.17. The smallest absolute Gasteiger partial charge is 0.313 e. The molecule has 31 heavy (non-hydrogen) atoms. The molecule has 0 spiro atoms. The predicted octanol–water partition coefficient (Wildman–Crippen LogP) is 3.83. The molecule has 3 rings (SSSR count). The highest BCUT2D eigenvalue weighted by molar-refractivity contribution is 6.40. The first kappa shape index (κ1) is 22.1. The molecule has 0 heterocycles. The van der Waals surface area contributed by atoms with Crippen LogP contribution in [-0.2, 0) is 22.7 Å². The molecular weight excluding hydrogens is 414 g/mol. The maximum absolute atomic E-state index is 12.6. The van der Waals surface area contributed by atoms with Gasteiger partial charge in [0.05, 0.1) is 11.3 Å². The van der Waals surface area contributed by atoms with E-state index in [0.717, 1.165) is 11.1 Å². The Morgan fingerprint density at radius 1 is 0.806 bits per heavy atom. The van der Waals surface area contributed by atoms with Crippen molar-refractivity contribution >= 4 is 35.0 Å². The van der Waals surface area contributed by atoms with E-state index in [9.17, 15) is 14.4 Å². The average Bonchev–Trinajstić information content (AvgIpc) is 2.77. The Morgan fingerprint density at radius 3 is 2.32 bits per heavy atom. The number of nitrogens with one attached hydrogen (secondary N) is 3. The Kier molecular flexibility index (Phi) is 7.40. The van der Waals surface area contributed by atoms with Crippen molar-refractivity contribution in [3.63, 3.8) is 0 Å². The molecule has 3 amide bonds. The number of hydrogen-bond acceptors (Lipinski definition) is 3. The number of carbonyl (C=O) groups excluding carboxylic acids is 3. The second-order valence-corrected chi connectivity index (χ2v) is 7.35. The molecule has 0 atom stereocenters. The molecule has 158 valence electrons. The standard InChI is InChI=1S/C24H22ClN3O3/c1-16-7-6-8-17(13-16)14-26-22(29)19-10-3-5-12-21(19)28-24(31)23(30)27-15-18-9-2-4-11-20(18)25/h2-13H,14-15H2,1H3,(H,26,29)(H,27,30)(H,28,31). The first-order valence-corrected chi connectivity index (χ1v) is 10.1. The summed E-state index contributed by atoms with van der Waals surface area (Å²) in [6, 6.07) is 21.4. The van der Waals surface area contributed by atoms with Gasteiger partial charge in [-0.1, -0.05) is 71.8 Å². The maximum Gasteiger partial charge on any atom is 0.313 e. The van der Waals surface area contributed by atoms with Crippen molar-refractivity contribution < 1.29 is 14.4 Å². The predicted molar refractivity (Wildman–Crippen MR) is 121 cm³/mol. The van der Waals surface area contributed by atoms with Crippen LogP contribution in [0.2, 0.25) is 5.02 Å². The first-order chi connectivity index (χ1) is 14.9. The van der Waals surface area contributed by atoms with E-state index in [2.05, 4.69) is 16.0 Å². The molecule has 0 aliphatic heterocycles. The summed E-state index contributed by atoms with van der Waals surface area (Å²) in [6.45, 7) is 2.44. The van der Waals surface area contributed by atoms with Gasteiger partial charge in [0, 0.05) is 18.1 Å². The summed E-state index contributed by atoms with van der Waals surface area (Å²) in [5, 5.41) is 8.36. The van der Waals surface area contributed by atoms with Crippen LogP contribution in [0.25, 0.3) is 0 Å². The monoisotopic (exact) mass is 435 g/mol. The minimum absolute atomic E-state index is 0.116. The molecule has 0 saturated carbocycles. The second-order valence-electron chi connectivity index (χ2n) is 6.95. The number of benzene rings is 3. The van der Waals surface area contributed by atoms with Crippen LogP contribution in [0.5, 0.6) is 0 Å². The Labute approximate surface area is 185 Å². The van der Waals surface area contributed by atoms with Crippen LogP contribution in [0.3, 0.4) is 0 Å². The molecule has 3 aromatic carbocycles. The number of aryl methyl sites for hydroxylation is 1. The zero-order valence-electron chi connectivity index (χ0n) is 16.9. The lowest BCUT2D eigenvalue weighted by molar-refractivity contribution is -0.136. The SMILES string of the molecule is Cc1cccc(CNC(=O)c2ccccc2NC(=O)C(=O)NCc2ccccc2Cl)c1. The fourth-order valence-electron chi connectivity index (χ4n) is 2.97. The summed E-state index contributed by atoms with van der Waals surface area (Å²) in [4.78, 5) is 37.2. The van der Waals surface area contributed by atoms with Crippen LogP contribution < -0.4 is 16.0 Å². The molecular formula is C24H22ClN3O3. The minimum Gasteiger partial charge on any atom is -0.348 e. The molecule has 0 aromatic heterocycles. The molecule has 3 aromatic rings. The highest BCUT2D eigenvalue weighted by Crippen LogP contribution is 2.16. The van der Waals surface area contributed by atoms with E-state index in [4.69, 9.17) is 11.6 Å². The third-order valence-corrected chi connectivity index (χ3v) is 4.93. The molecule has 3 N–H and O–H groups in total. The van der Waals surface area contributed by atoms with Gasteiger partial charge < -0.3 is 16.0 Å². The lowest BCUT2D eigenvalue weighted by Crippen LogP contribution is -2.35. The van der Waals surface area contributed by atoms with Crippen LogP contribution in [0.4, 0.5) is 5.69 Å². The molecule has 0 aliphatic rings. The summed E-state index contributed by atoms with van der Waals surface area (Å²) in [5.41, 5.74) is 3.28. The number of carbonyl (C=O) groups is 3. The van der Waals surface area contributed by atoms with Crippen LogP contribution in [-0.4, -0.2) is 17.7 Å². The van der Waals surface area contributed by atoms with Crippen LogP contribution in [0.15, 0.2) is 72.8 Å². The number of rotatable bonds is 6. The van der Waals surface area contributed by atoms with Gasteiger partial charge in [0.15, 0.2) is 0 Å². The largest absolute Gasteiger partial charge is 0.348 e. The van der Waals surface area contributed by atoms with Crippen LogP contribution >= 0.6 is 11.6 Å². The van der Waals surface area contributed by atoms with Crippen LogP contribution in [0, 0.1) is 6.92 Å². The van der Waals surface area contributed by atoms with E-state index in [1.807, 2.05) is 31.2 Å². The normalized spacial score (nSPS) is 10.3. The summed E-state index contributed by atoms with van der Waals surface area (Å²) in [6.07, 6.45) is 0. The van der Waals surface area contributed by atoms with Crippen molar-refractivity contribution in [2.75, 3.05) is 5.32 Å². The van der Waals surface area contributed by atoms with Gasteiger partial charge in [-0.15, -0.1) is 0 Å². The lowest BCUT2D eigenvalue weighted by Gasteiger charge is -2.12. The summed E-state index contributed by atoms with van der Waals surface area (Å²) >= 11 is 6.06. The molecule has 0 bridgehead atoms. The van der Waals surface area contributed by atoms with Gasteiger partial charge in [0.25, 0.3) is 5.91 Å². The van der Waals surface area contributed by atoms with Crippen molar-refractivity contribution in [2.45, 2.75) is 20.0 Å². The van der Waals surface area contributed by atoms with Gasteiger partial charge in [0.2, 0.25) is 0 Å². The number of anilines is 1. The quantitative estimate of drug-likeness (QED) is 0.514. The van der Waals surface area contributed by atoms with Crippen molar-refractivity contribution in [1.82, 2.24) is 10.6 Å². The van der Waals surface area contributed by atoms with E-state index >= 15 is 0 Å². The van der Waals surface area contributed by atoms with Crippen LogP contribution in [0.1, 0.15) is 27.0 Å². The Bertz CT molecular complexity index is 1110. The van der Waals surface area contributed by atoms with Gasteiger partial charge >= 0.3 is 11.8 Å².